The van der Waals surface area contributed by atoms with Gasteiger partial charge in [-0.15, -0.1) is 0 Å². The van der Waals surface area contributed by atoms with Crippen LogP contribution in [-0.4, -0.2) is 11.8 Å². The summed E-state index contributed by atoms with van der Waals surface area (Å²) < 4.78 is 0. The molecule has 0 bridgehead atoms. The van der Waals surface area contributed by atoms with E-state index in [-0.39, 0.29) is 18.2 Å². The second-order valence-corrected chi connectivity index (χ2v) is 5.13. The fraction of sp³-hybridized carbons (Fsp3) is 0.111. The van der Waals surface area contributed by atoms with Gasteiger partial charge >= 0.3 is 0 Å². The molecule has 2 amide bonds. The molecule has 1 saturated heterocycles. The number of hydrogen-bond acceptors (Lipinski definition) is 2. The number of amides is 2. The minimum atomic E-state index is -0.230. The fourth-order valence-electron chi connectivity index (χ4n) is 2.39. The highest BCUT2D eigenvalue weighted by Gasteiger charge is 2.34. The molecule has 1 fully saturated rings. The monoisotopic (exact) mass is 277 g/mol. The summed E-state index contributed by atoms with van der Waals surface area (Å²) >= 11 is 0. The topological polar surface area (TPSA) is 37.4 Å². The Morgan fingerprint density at radius 1 is 0.952 bits per heavy atom. The Hall–Kier alpha value is -2.68. The summed E-state index contributed by atoms with van der Waals surface area (Å²) in [5, 5.41) is 0. The quantitative estimate of drug-likeness (QED) is 0.623. The highest BCUT2D eigenvalue weighted by atomic mass is 16.2. The molecule has 0 spiro atoms. The Morgan fingerprint density at radius 2 is 1.62 bits per heavy atom. The molecule has 0 aromatic heterocycles. The van der Waals surface area contributed by atoms with Gasteiger partial charge in [0.05, 0.1) is 12.1 Å². The predicted octanol–water partition coefficient (Wildman–Crippen LogP) is 3.34. The van der Waals surface area contributed by atoms with Crippen LogP contribution in [0.25, 0.3) is 6.08 Å². The van der Waals surface area contributed by atoms with Crippen LogP contribution in [0.5, 0.6) is 0 Å². The number of hydrogen-bond donors (Lipinski definition) is 0. The van der Waals surface area contributed by atoms with Gasteiger partial charge < -0.3 is 0 Å². The second-order valence-electron chi connectivity index (χ2n) is 5.13. The molecule has 2 aromatic rings. The molecule has 0 saturated carbocycles. The van der Waals surface area contributed by atoms with Crippen LogP contribution < -0.4 is 4.90 Å². The molecule has 0 aliphatic carbocycles. The molecule has 0 N–H and O–H groups in total. The average Bonchev–Trinajstić information content (AvgIpc) is 2.77. The number of carbonyl (C=O) groups is 2. The number of rotatable bonds is 2. The summed E-state index contributed by atoms with van der Waals surface area (Å²) in [5.74, 6) is -0.406. The van der Waals surface area contributed by atoms with Gasteiger partial charge in [0.25, 0.3) is 5.91 Å². The molecule has 3 rings (SSSR count). The number of imide groups is 1. The van der Waals surface area contributed by atoms with Crippen LogP contribution in [0.1, 0.15) is 17.5 Å². The van der Waals surface area contributed by atoms with E-state index in [1.165, 1.54) is 4.90 Å². The van der Waals surface area contributed by atoms with Crippen LogP contribution >= 0.6 is 0 Å². The normalized spacial score (nSPS) is 16.8. The van der Waals surface area contributed by atoms with Crippen LogP contribution in [-0.2, 0) is 9.59 Å². The molecule has 0 radical (unpaired) electrons. The van der Waals surface area contributed by atoms with Gasteiger partial charge in [-0.25, -0.2) is 4.90 Å². The molecule has 2 aromatic carbocycles. The standard InChI is InChI=1S/C18H15NO2/c1-13-7-9-14(10-8-13)11-15-12-17(20)19(18(15)21)16-5-3-2-4-6-16/h2-11H,12H2,1H3/b15-11-. The predicted molar refractivity (Wildman–Crippen MR) is 82.7 cm³/mol. The van der Waals surface area contributed by atoms with Gasteiger partial charge in [0.15, 0.2) is 0 Å². The maximum Gasteiger partial charge on any atom is 0.261 e. The van der Waals surface area contributed by atoms with Crippen molar-refractivity contribution in [2.75, 3.05) is 4.90 Å². The van der Waals surface area contributed by atoms with Gasteiger partial charge in [-0.3, -0.25) is 9.59 Å². The average molecular weight is 277 g/mol. The van der Waals surface area contributed by atoms with E-state index in [9.17, 15) is 9.59 Å². The van der Waals surface area contributed by atoms with Crippen LogP contribution in [0.3, 0.4) is 0 Å². The highest BCUT2D eigenvalue weighted by molar-refractivity contribution is 6.29. The molecule has 3 heteroatoms. The van der Waals surface area contributed by atoms with E-state index in [1.54, 1.807) is 18.2 Å². The third-order valence-corrected chi connectivity index (χ3v) is 3.50. The maximum atomic E-state index is 12.4. The zero-order chi connectivity index (χ0) is 14.8. The Kier molecular flexibility index (Phi) is 3.40. The molecule has 3 nitrogen and oxygen atoms in total. The molecule has 0 unspecified atom stereocenters. The summed E-state index contributed by atoms with van der Waals surface area (Å²) in [6.45, 7) is 2.01. The number of benzene rings is 2. The molecule has 0 atom stereocenters. The second kappa shape index (κ2) is 5.37. The van der Waals surface area contributed by atoms with Gasteiger partial charge in [-0.1, -0.05) is 48.0 Å². The van der Waals surface area contributed by atoms with Crippen molar-refractivity contribution in [2.45, 2.75) is 13.3 Å². The molecule has 1 aliphatic rings. The molecule has 21 heavy (non-hydrogen) atoms. The molecule has 104 valence electrons. The summed E-state index contributed by atoms with van der Waals surface area (Å²) in [6.07, 6.45) is 1.95. The van der Waals surface area contributed by atoms with Crippen molar-refractivity contribution in [3.8, 4) is 0 Å². The van der Waals surface area contributed by atoms with Crippen LogP contribution in [0.2, 0.25) is 0 Å². The SMILES string of the molecule is Cc1ccc(/C=C2/CC(=O)N(c3ccccc3)C2=O)cc1. The summed E-state index contributed by atoms with van der Waals surface area (Å²) in [6, 6.07) is 16.9. The van der Waals surface area contributed by atoms with E-state index in [4.69, 9.17) is 0 Å². The van der Waals surface area contributed by atoms with Crippen molar-refractivity contribution < 1.29 is 9.59 Å². The number of para-hydroxylation sites is 1. The molecule has 1 aliphatic heterocycles. The van der Waals surface area contributed by atoms with Gasteiger partial charge in [0, 0.05) is 5.57 Å². The van der Waals surface area contributed by atoms with E-state index >= 15 is 0 Å². The lowest BCUT2D eigenvalue weighted by Gasteiger charge is -2.12. The van der Waals surface area contributed by atoms with E-state index in [1.807, 2.05) is 49.4 Å². The van der Waals surface area contributed by atoms with Crippen LogP contribution in [0.4, 0.5) is 5.69 Å². The zero-order valence-corrected chi connectivity index (χ0v) is 11.7. The fourth-order valence-corrected chi connectivity index (χ4v) is 2.39. The lowest BCUT2D eigenvalue weighted by molar-refractivity contribution is -0.120. The first-order valence-corrected chi connectivity index (χ1v) is 6.85. The Bertz CT molecular complexity index is 715. The number of anilines is 1. The first kappa shape index (κ1) is 13.3. The van der Waals surface area contributed by atoms with E-state index < -0.39 is 0 Å². The smallest absolute Gasteiger partial charge is 0.261 e. The zero-order valence-electron chi connectivity index (χ0n) is 11.7. The van der Waals surface area contributed by atoms with Crippen molar-refractivity contribution in [2.24, 2.45) is 0 Å². The van der Waals surface area contributed by atoms with Crippen molar-refractivity contribution >= 4 is 23.6 Å². The van der Waals surface area contributed by atoms with Gasteiger partial charge in [-0.05, 0) is 30.7 Å². The minimum absolute atomic E-state index is 0.154. The van der Waals surface area contributed by atoms with E-state index in [2.05, 4.69) is 0 Å². The summed E-state index contributed by atoms with van der Waals surface area (Å²) in [5.41, 5.74) is 3.26. The van der Waals surface area contributed by atoms with Crippen molar-refractivity contribution in [3.05, 3.63) is 71.3 Å². The molecular formula is C18H15NO2. The Labute approximate surface area is 123 Å². The number of aryl methyl sites for hydroxylation is 1. The lowest BCUT2D eigenvalue weighted by Crippen LogP contribution is -2.28. The first-order chi connectivity index (χ1) is 10.1. The Morgan fingerprint density at radius 3 is 2.29 bits per heavy atom. The van der Waals surface area contributed by atoms with Gasteiger partial charge in [0.1, 0.15) is 0 Å². The molecular weight excluding hydrogens is 262 g/mol. The third kappa shape index (κ3) is 2.63. The molecule has 1 heterocycles. The highest BCUT2D eigenvalue weighted by Crippen LogP contribution is 2.27. The first-order valence-electron chi connectivity index (χ1n) is 6.85. The Balaban J connectivity index is 1.92. The van der Waals surface area contributed by atoms with Gasteiger partial charge in [0.2, 0.25) is 5.91 Å². The summed E-state index contributed by atoms with van der Waals surface area (Å²) in [7, 11) is 0. The van der Waals surface area contributed by atoms with Crippen LogP contribution in [0.15, 0.2) is 60.2 Å². The lowest BCUT2D eigenvalue weighted by atomic mass is 10.1. The van der Waals surface area contributed by atoms with Crippen molar-refractivity contribution in [3.63, 3.8) is 0 Å². The van der Waals surface area contributed by atoms with Crippen molar-refractivity contribution in [1.29, 1.82) is 0 Å². The maximum absolute atomic E-state index is 12.4. The van der Waals surface area contributed by atoms with E-state index in [0.29, 0.717) is 11.3 Å². The third-order valence-electron chi connectivity index (χ3n) is 3.50. The number of nitrogens with zero attached hydrogens (tertiary/aromatic N) is 1. The minimum Gasteiger partial charge on any atom is -0.274 e. The summed E-state index contributed by atoms with van der Waals surface area (Å²) in [4.78, 5) is 25.8. The van der Waals surface area contributed by atoms with Crippen molar-refractivity contribution in [1.82, 2.24) is 0 Å². The number of carbonyl (C=O) groups excluding carboxylic acids is 2. The largest absolute Gasteiger partial charge is 0.274 e. The van der Waals surface area contributed by atoms with Gasteiger partial charge in [-0.2, -0.15) is 0 Å². The van der Waals surface area contributed by atoms with Crippen LogP contribution in [0, 0.1) is 6.92 Å². The van der Waals surface area contributed by atoms with E-state index in [0.717, 1.165) is 11.1 Å².